The lowest BCUT2D eigenvalue weighted by atomic mass is 10.1. The van der Waals surface area contributed by atoms with Crippen LogP contribution in [0.3, 0.4) is 0 Å². The third kappa shape index (κ3) is 4.65. The highest BCUT2D eigenvalue weighted by atomic mass is 32.2. The lowest BCUT2D eigenvalue weighted by Gasteiger charge is -2.17. The molecule has 0 amide bonds. The van der Waals surface area contributed by atoms with Crippen molar-refractivity contribution in [3.63, 3.8) is 0 Å². The normalized spacial score (nSPS) is 26.2. The van der Waals surface area contributed by atoms with E-state index in [4.69, 9.17) is 10.5 Å². The molecule has 1 heterocycles. The van der Waals surface area contributed by atoms with Gasteiger partial charge in [-0.1, -0.05) is 38.5 Å². The van der Waals surface area contributed by atoms with Gasteiger partial charge in [0.2, 0.25) is 0 Å². The molecular formula is C14H26N2O3S. The fourth-order valence-corrected chi connectivity index (χ4v) is 4.99. The Bertz CT molecular complexity index is 424. The maximum absolute atomic E-state index is 12.5. The predicted octanol–water partition coefficient (Wildman–Crippen LogP) is 2.01. The van der Waals surface area contributed by atoms with E-state index in [0.717, 1.165) is 25.7 Å². The molecule has 5 nitrogen and oxygen atoms in total. The molecule has 6 heteroatoms. The van der Waals surface area contributed by atoms with Gasteiger partial charge in [0.05, 0.1) is 17.0 Å². The molecule has 2 N–H and O–H groups in total. The van der Waals surface area contributed by atoms with Crippen molar-refractivity contribution < 1.29 is 13.2 Å². The van der Waals surface area contributed by atoms with Crippen LogP contribution in [0, 0.1) is 0 Å². The Kier molecular flexibility index (Phi) is 5.69. The molecule has 0 aromatic carbocycles. The smallest absolute Gasteiger partial charge is 0.282 e. The standard InChI is InChI=1S/C14H26N2O3S/c15-14-16-12(11-19-14)9-10-20(17,18)13-7-5-3-1-2-4-6-8-13/h12-13H,1-11H2,(H2,15,16). The van der Waals surface area contributed by atoms with Gasteiger partial charge in [-0.25, -0.2) is 13.4 Å². The van der Waals surface area contributed by atoms with E-state index in [9.17, 15) is 8.42 Å². The van der Waals surface area contributed by atoms with Crippen LogP contribution in [0.5, 0.6) is 0 Å². The van der Waals surface area contributed by atoms with Crippen LogP contribution < -0.4 is 5.73 Å². The van der Waals surface area contributed by atoms with Crippen LogP contribution in [0.1, 0.15) is 57.8 Å². The number of ether oxygens (including phenoxy) is 1. The Morgan fingerprint density at radius 3 is 2.25 bits per heavy atom. The summed E-state index contributed by atoms with van der Waals surface area (Å²) in [6, 6.07) is 0.107. The predicted molar refractivity (Wildman–Crippen MR) is 80.5 cm³/mol. The topological polar surface area (TPSA) is 81.8 Å². The van der Waals surface area contributed by atoms with Crippen molar-refractivity contribution in [1.29, 1.82) is 0 Å². The van der Waals surface area contributed by atoms with E-state index in [1.54, 1.807) is 0 Å². The van der Waals surface area contributed by atoms with Gasteiger partial charge in [-0.05, 0) is 19.3 Å². The maximum Gasteiger partial charge on any atom is 0.282 e. The summed E-state index contributed by atoms with van der Waals surface area (Å²) in [5, 5.41) is -0.149. The van der Waals surface area contributed by atoms with Crippen LogP contribution in [0.4, 0.5) is 0 Å². The van der Waals surface area contributed by atoms with Crippen molar-refractivity contribution in [2.45, 2.75) is 69.1 Å². The second kappa shape index (κ2) is 7.29. The lowest BCUT2D eigenvalue weighted by Crippen LogP contribution is -2.26. The quantitative estimate of drug-likeness (QED) is 0.861. The van der Waals surface area contributed by atoms with E-state index >= 15 is 0 Å². The van der Waals surface area contributed by atoms with Crippen LogP contribution in [0.15, 0.2) is 4.99 Å². The van der Waals surface area contributed by atoms with Gasteiger partial charge in [-0.2, -0.15) is 0 Å². The van der Waals surface area contributed by atoms with Crippen molar-refractivity contribution in [2.24, 2.45) is 10.7 Å². The second-order valence-corrected chi connectivity index (χ2v) is 8.31. The Morgan fingerprint density at radius 2 is 1.70 bits per heavy atom. The van der Waals surface area contributed by atoms with Crippen molar-refractivity contribution in [2.75, 3.05) is 12.4 Å². The van der Waals surface area contributed by atoms with Crippen molar-refractivity contribution in [1.82, 2.24) is 0 Å². The number of nitrogens with zero attached hydrogens (tertiary/aromatic N) is 1. The number of hydrogen-bond donors (Lipinski definition) is 1. The molecule has 0 aromatic rings. The first kappa shape index (κ1) is 15.6. The average Bonchev–Trinajstić information content (AvgIpc) is 2.87. The summed E-state index contributed by atoms with van der Waals surface area (Å²) in [4.78, 5) is 4.09. The molecule has 1 aliphatic heterocycles. The maximum atomic E-state index is 12.5. The van der Waals surface area contributed by atoms with Gasteiger partial charge in [0.1, 0.15) is 6.61 Å². The molecule has 1 aliphatic carbocycles. The summed E-state index contributed by atoms with van der Waals surface area (Å²) >= 11 is 0. The SMILES string of the molecule is NC1=NC(CCS(=O)(=O)C2CCCCCCCC2)CO1. The molecule has 1 fully saturated rings. The minimum absolute atomic E-state index is 0.0823. The Labute approximate surface area is 121 Å². The molecular weight excluding hydrogens is 276 g/mol. The Morgan fingerprint density at radius 1 is 1.10 bits per heavy atom. The van der Waals surface area contributed by atoms with Gasteiger partial charge in [-0.15, -0.1) is 0 Å². The first-order valence-electron chi connectivity index (χ1n) is 7.75. The molecule has 1 atom stereocenters. The van der Waals surface area contributed by atoms with Gasteiger partial charge in [0, 0.05) is 0 Å². The van der Waals surface area contributed by atoms with Gasteiger partial charge >= 0.3 is 0 Å². The molecule has 2 aliphatic rings. The van der Waals surface area contributed by atoms with Crippen molar-refractivity contribution in [3.8, 4) is 0 Å². The van der Waals surface area contributed by atoms with Gasteiger partial charge < -0.3 is 10.5 Å². The molecule has 2 rings (SSSR count). The zero-order valence-corrected chi connectivity index (χ0v) is 12.9. The second-order valence-electron chi connectivity index (χ2n) is 5.91. The number of aliphatic imine (C=N–C) groups is 1. The van der Waals surface area contributed by atoms with Gasteiger partial charge in [-0.3, -0.25) is 0 Å². The molecule has 0 radical (unpaired) electrons. The van der Waals surface area contributed by atoms with Gasteiger partial charge in [0.15, 0.2) is 9.84 Å². The largest absolute Gasteiger partial charge is 0.463 e. The molecule has 1 saturated carbocycles. The third-order valence-electron chi connectivity index (χ3n) is 4.28. The first-order chi connectivity index (χ1) is 9.58. The number of hydrogen-bond acceptors (Lipinski definition) is 5. The van der Waals surface area contributed by atoms with Crippen LogP contribution in [0.2, 0.25) is 0 Å². The number of sulfone groups is 1. The lowest BCUT2D eigenvalue weighted by molar-refractivity contribution is 0.310. The monoisotopic (exact) mass is 302 g/mol. The third-order valence-corrected chi connectivity index (χ3v) is 6.57. The summed E-state index contributed by atoms with van der Waals surface area (Å²) in [6.07, 6.45) is 9.11. The minimum atomic E-state index is -3.01. The summed E-state index contributed by atoms with van der Waals surface area (Å²) in [5.41, 5.74) is 5.44. The van der Waals surface area contributed by atoms with E-state index in [-0.39, 0.29) is 23.1 Å². The molecule has 0 saturated heterocycles. The van der Waals surface area contributed by atoms with Crippen LogP contribution in [-0.4, -0.2) is 38.1 Å². The van der Waals surface area contributed by atoms with E-state index in [1.807, 2.05) is 0 Å². The number of rotatable bonds is 4. The molecule has 0 aromatic heterocycles. The Hall–Kier alpha value is -0.780. The number of nitrogens with two attached hydrogens (primary N) is 1. The van der Waals surface area contributed by atoms with E-state index in [0.29, 0.717) is 13.0 Å². The molecule has 1 unspecified atom stereocenters. The van der Waals surface area contributed by atoms with E-state index in [1.165, 1.54) is 25.7 Å². The summed E-state index contributed by atoms with van der Waals surface area (Å²) < 4.78 is 30.0. The summed E-state index contributed by atoms with van der Waals surface area (Å²) in [6.45, 7) is 0.423. The molecule has 116 valence electrons. The van der Waals surface area contributed by atoms with Crippen LogP contribution in [0.25, 0.3) is 0 Å². The minimum Gasteiger partial charge on any atom is -0.463 e. The molecule has 0 spiro atoms. The molecule has 0 bridgehead atoms. The summed E-state index contributed by atoms with van der Waals surface area (Å²) in [7, 11) is -3.01. The first-order valence-corrected chi connectivity index (χ1v) is 9.47. The zero-order valence-electron chi connectivity index (χ0n) is 12.1. The summed E-state index contributed by atoms with van der Waals surface area (Å²) in [5.74, 6) is 0.211. The average molecular weight is 302 g/mol. The van der Waals surface area contributed by atoms with E-state index in [2.05, 4.69) is 4.99 Å². The highest BCUT2D eigenvalue weighted by molar-refractivity contribution is 7.92. The van der Waals surface area contributed by atoms with Crippen molar-refractivity contribution >= 4 is 15.9 Å². The molecule has 20 heavy (non-hydrogen) atoms. The van der Waals surface area contributed by atoms with Crippen molar-refractivity contribution in [3.05, 3.63) is 0 Å². The Balaban J connectivity index is 1.86. The van der Waals surface area contributed by atoms with E-state index < -0.39 is 9.84 Å². The van der Waals surface area contributed by atoms with Crippen LogP contribution in [-0.2, 0) is 14.6 Å². The fourth-order valence-electron chi connectivity index (χ4n) is 3.01. The fraction of sp³-hybridized carbons (Fsp3) is 0.929. The van der Waals surface area contributed by atoms with Gasteiger partial charge in [0.25, 0.3) is 6.02 Å². The highest BCUT2D eigenvalue weighted by Crippen LogP contribution is 2.23. The number of amidine groups is 1. The zero-order chi connectivity index (χ0) is 14.4. The highest BCUT2D eigenvalue weighted by Gasteiger charge is 2.27. The van der Waals surface area contributed by atoms with Crippen LogP contribution >= 0.6 is 0 Å².